The Morgan fingerprint density at radius 3 is 2.71 bits per heavy atom. The molecule has 1 aromatic heterocycles. The molecule has 1 aliphatic heterocycles. The minimum atomic E-state index is -0.441. The number of nitrogens with one attached hydrogen (secondary N) is 2. The predicted octanol–water partition coefficient (Wildman–Crippen LogP) is 5.92. The van der Waals surface area contributed by atoms with Gasteiger partial charge in [-0.3, -0.25) is 4.79 Å². The van der Waals surface area contributed by atoms with Crippen LogP contribution in [0.5, 0.6) is 0 Å². The molecule has 2 amide bonds. The highest BCUT2D eigenvalue weighted by atomic mass is 33.3. The first-order valence-corrected chi connectivity index (χ1v) is 15.2. The number of carbonyl (C=O) groups is 2. The van der Waals surface area contributed by atoms with Crippen LogP contribution in [0.4, 0.5) is 9.18 Å². The second-order valence-electron chi connectivity index (χ2n) is 9.18. The lowest BCUT2D eigenvalue weighted by Gasteiger charge is -2.39. The Morgan fingerprint density at radius 2 is 2.03 bits per heavy atom. The summed E-state index contributed by atoms with van der Waals surface area (Å²) in [5.74, 6) is -0.693. The molecule has 35 heavy (non-hydrogen) atoms. The number of benzene rings is 2. The normalized spacial score (nSPS) is 16.4. The van der Waals surface area contributed by atoms with Crippen molar-refractivity contribution in [1.29, 1.82) is 0 Å². The Morgan fingerprint density at radius 1 is 1.26 bits per heavy atom. The van der Waals surface area contributed by atoms with Gasteiger partial charge in [-0.2, -0.15) is 0 Å². The van der Waals surface area contributed by atoms with Gasteiger partial charge in [0.25, 0.3) is 5.91 Å². The fourth-order valence-electron chi connectivity index (χ4n) is 4.78. The van der Waals surface area contributed by atoms with Gasteiger partial charge in [-0.1, -0.05) is 60.3 Å². The van der Waals surface area contributed by atoms with Gasteiger partial charge in [0.2, 0.25) is 0 Å². The van der Waals surface area contributed by atoms with E-state index in [9.17, 15) is 14.0 Å². The molecule has 0 spiro atoms. The average Bonchev–Trinajstić information content (AvgIpc) is 3.09. The van der Waals surface area contributed by atoms with Crippen molar-refractivity contribution in [2.45, 2.75) is 37.0 Å². The fraction of sp³-hybridized carbons (Fsp3) is 0.360. The van der Waals surface area contributed by atoms with Gasteiger partial charge in [0.1, 0.15) is 12.4 Å². The molecule has 3 aromatic rings. The SMILES string of the molecule is CN(Cc1ccc(-c2[nH]c3cc(F)cc4c3c2CCNC4=O)cc1)C(=O)OCC1(SSP)CCC1. The molecule has 1 atom stereocenters. The highest BCUT2D eigenvalue weighted by Gasteiger charge is 2.39. The third-order valence-electron chi connectivity index (χ3n) is 6.79. The number of halogens is 1. The number of amides is 2. The number of hydrogen-bond acceptors (Lipinski definition) is 5. The molecule has 1 aliphatic carbocycles. The Bertz CT molecular complexity index is 1280. The molecule has 0 bridgehead atoms. The summed E-state index contributed by atoms with van der Waals surface area (Å²) in [5.41, 5.74) is 4.81. The predicted molar refractivity (Wildman–Crippen MR) is 144 cm³/mol. The van der Waals surface area contributed by atoms with Crippen molar-refractivity contribution >= 4 is 52.6 Å². The van der Waals surface area contributed by atoms with Crippen LogP contribution in [0.3, 0.4) is 0 Å². The highest BCUT2D eigenvalue weighted by molar-refractivity contribution is 8.94. The number of aromatic nitrogens is 1. The van der Waals surface area contributed by atoms with E-state index in [2.05, 4.69) is 18.7 Å². The molecule has 2 aliphatic rings. The van der Waals surface area contributed by atoms with E-state index in [1.54, 1.807) is 33.2 Å². The minimum Gasteiger partial charge on any atom is -0.448 e. The topological polar surface area (TPSA) is 74.4 Å². The molecular weight excluding hydrogens is 504 g/mol. The second kappa shape index (κ2) is 10.0. The van der Waals surface area contributed by atoms with Crippen LogP contribution in [0.1, 0.15) is 40.7 Å². The van der Waals surface area contributed by atoms with Crippen LogP contribution in [-0.4, -0.2) is 46.8 Å². The van der Waals surface area contributed by atoms with Crippen LogP contribution in [0.25, 0.3) is 22.2 Å². The first-order chi connectivity index (χ1) is 16.9. The van der Waals surface area contributed by atoms with E-state index in [0.29, 0.717) is 37.2 Å². The number of hydrogen-bond donors (Lipinski definition) is 2. The molecule has 2 aromatic carbocycles. The van der Waals surface area contributed by atoms with E-state index in [0.717, 1.165) is 40.6 Å². The molecule has 1 saturated carbocycles. The summed E-state index contributed by atoms with van der Waals surface area (Å²) in [4.78, 5) is 29.9. The summed E-state index contributed by atoms with van der Waals surface area (Å²) in [7, 11) is 7.81. The van der Waals surface area contributed by atoms with Gasteiger partial charge < -0.3 is 19.9 Å². The molecule has 5 rings (SSSR count). The van der Waals surface area contributed by atoms with Crippen molar-refractivity contribution in [2.75, 3.05) is 20.2 Å². The van der Waals surface area contributed by atoms with E-state index in [1.807, 2.05) is 24.3 Å². The molecule has 0 radical (unpaired) electrons. The van der Waals surface area contributed by atoms with Gasteiger partial charge in [-0.15, -0.1) is 0 Å². The largest absolute Gasteiger partial charge is 0.448 e. The van der Waals surface area contributed by atoms with Crippen molar-refractivity contribution in [3.63, 3.8) is 0 Å². The number of ether oxygens (including phenoxy) is 1. The molecule has 6 nitrogen and oxygen atoms in total. The Hall–Kier alpha value is -2.22. The first kappa shape index (κ1) is 24.5. The van der Waals surface area contributed by atoms with Crippen LogP contribution >= 0.6 is 29.6 Å². The number of carbonyl (C=O) groups excluding carboxylic acids is 2. The highest BCUT2D eigenvalue weighted by Crippen LogP contribution is 2.51. The van der Waals surface area contributed by atoms with Gasteiger partial charge in [0, 0.05) is 36.7 Å². The monoisotopic (exact) mass is 531 g/mol. The summed E-state index contributed by atoms with van der Waals surface area (Å²) in [6.45, 7) is 1.37. The van der Waals surface area contributed by atoms with Gasteiger partial charge in [-0.05, 0) is 48.1 Å². The number of aromatic amines is 1. The average molecular weight is 532 g/mol. The summed E-state index contributed by atoms with van der Waals surface area (Å²) in [6, 6.07) is 10.7. The molecule has 184 valence electrons. The van der Waals surface area contributed by atoms with Gasteiger partial charge >= 0.3 is 6.09 Å². The van der Waals surface area contributed by atoms with E-state index >= 15 is 0 Å². The maximum atomic E-state index is 14.1. The Balaban J connectivity index is 1.30. The summed E-state index contributed by atoms with van der Waals surface area (Å²) >= 11 is 0. The van der Waals surface area contributed by atoms with Crippen molar-refractivity contribution in [2.24, 2.45) is 0 Å². The maximum Gasteiger partial charge on any atom is 0.409 e. The quantitative estimate of drug-likeness (QED) is 0.292. The zero-order valence-electron chi connectivity index (χ0n) is 19.4. The maximum absolute atomic E-state index is 14.1. The van der Waals surface area contributed by atoms with E-state index < -0.39 is 5.82 Å². The van der Waals surface area contributed by atoms with Crippen LogP contribution < -0.4 is 5.32 Å². The van der Waals surface area contributed by atoms with E-state index in [4.69, 9.17) is 4.74 Å². The Labute approximate surface area is 213 Å². The molecule has 2 N–H and O–H groups in total. The zero-order chi connectivity index (χ0) is 24.6. The third kappa shape index (κ3) is 4.91. The summed E-state index contributed by atoms with van der Waals surface area (Å²) < 4.78 is 19.8. The third-order valence-corrected chi connectivity index (χ3v) is 9.99. The summed E-state index contributed by atoms with van der Waals surface area (Å²) in [6.07, 6.45) is 3.67. The van der Waals surface area contributed by atoms with Crippen LogP contribution in [0.2, 0.25) is 0 Å². The molecule has 0 saturated heterocycles. The van der Waals surface area contributed by atoms with Crippen molar-refractivity contribution in [3.8, 4) is 11.3 Å². The van der Waals surface area contributed by atoms with Gasteiger partial charge in [0.05, 0.1) is 10.3 Å². The van der Waals surface area contributed by atoms with E-state index in [1.165, 1.54) is 18.6 Å². The smallest absolute Gasteiger partial charge is 0.409 e. The number of nitrogens with zero attached hydrogens (tertiary/aromatic N) is 1. The van der Waals surface area contributed by atoms with Crippen LogP contribution in [0.15, 0.2) is 36.4 Å². The molecule has 10 heteroatoms. The molecule has 2 heterocycles. The minimum absolute atomic E-state index is 0.0478. The molecule has 1 fully saturated rings. The van der Waals surface area contributed by atoms with Crippen LogP contribution in [0, 0.1) is 5.82 Å². The number of H-pyrrole nitrogens is 1. The lowest BCUT2D eigenvalue weighted by Crippen LogP contribution is -2.40. The number of rotatable bonds is 7. The molecule has 1 unspecified atom stereocenters. The van der Waals surface area contributed by atoms with Crippen molar-refractivity contribution in [3.05, 3.63) is 58.9 Å². The zero-order valence-corrected chi connectivity index (χ0v) is 22.1. The first-order valence-electron chi connectivity index (χ1n) is 11.5. The fourth-order valence-corrected chi connectivity index (χ4v) is 8.64. The van der Waals surface area contributed by atoms with Crippen LogP contribution in [-0.2, 0) is 17.7 Å². The lowest BCUT2D eigenvalue weighted by molar-refractivity contribution is 0.0866. The summed E-state index contributed by atoms with van der Waals surface area (Å²) in [5, 5.41) is 3.63. The standard InChI is InChI=1S/C25H27FN3O3PS2/c1-29(24(31)32-14-25(34-35-33)8-2-9-25)13-15-3-5-16(6-4-15)22-18-7-10-27-23(30)19-11-17(26)12-20(28-22)21(18)19/h3-6,11-12,28H,2,7-10,13-14,33H2,1H3,(H,27,30). The lowest BCUT2D eigenvalue weighted by atomic mass is 9.85. The molecular formula is C25H27FN3O3PS2. The van der Waals surface area contributed by atoms with Gasteiger partial charge in [-0.25, -0.2) is 9.18 Å². The van der Waals surface area contributed by atoms with Gasteiger partial charge in [0.15, 0.2) is 0 Å². The van der Waals surface area contributed by atoms with E-state index in [-0.39, 0.29) is 16.7 Å². The van der Waals surface area contributed by atoms with Crippen molar-refractivity contribution in [1.82, 2.24) is 15.2 Å². The second-order valence-corrected chi connectivity index (χ2v) is 13.2. The Kier molecular flexibility index (Phi) is 7.02. The van der Waals surface area contributed by atoms with Crippen molar-refractivity contribution < 1.29 is 18.7 Å².